The molecule has 0 saturated carbocycles. The fraction of sp³-hybridized carbons (Fsp3) is 0. The minimum Gasteiger partial charge on any atom is -0.361 e. The van der Waals surface area contributed by atoms with Crippen molar-refractivity contribution in [2.75, 3.05) is 0 Å². The van der Waals surface area contributed by atoms with Crippen LogP contribution in [0.2, 0.25) is 0 Å². The number of benzene rings is 3. The van der Waals surface area contributed by atoms with Gasteiger partial charge in [-0.25, -0.2) is 0 Å². The molecule has 0 aliphatic carbocycles. The molecule has 0 spiro atoms. The Bertz CT molecular complexity index is 980. The van der Waals surface area contributed by atoms with Crippen LogP contribution >= 0.6 is 0 Å². The Morgan fingerprint density at radius 2 is 1.22 bits per heavy atom. The molecule has 1 N–H and O–H groups in total. The molecule has 0 saturated heterocycles. The fourth-order valence-electron chi connectivity index (χ4n) is 3.33. The second-order valence-electron chi connectivity index (χ2n) is 6.43. The summed E-state index contributed by atoms with van der Waals surface area (Å²) in [7, 11) is 0. The van der Waals surface area contributed by atoms with E-state index >= 15 is 0 Å². The minimum atomic E-state index is 1.05. The summed E-state index contributed by atoms with van der Waals surface area (Å²) in [5, 5.41) is 3.33. The van der Waals surface area contributed by atoms with E-state index in [2.05, 4.69) is 96.8 Å². The third-order valence-corrected chi connectivity index (χ3v) is 4.63. The lowest BCUT2D eigenvalue weighted by Crippen LogP contribution is -2.10. The highest BCUT2D eigenvalue weighted by molar-refractivity contribution is 5.86. The van der Waals surface area contributed by atoms with E-state index in [9.17, 15) is 0 Å². The lowest BCUT2D eigenvalue weighted by Gasteiger charge is -2.18. The molecule has 0 fully saturated rings. The quantitative estimate of drug-likeness (QED) is 0.561. The van der Waals surface area contributed by atoms with E-state index in [1.807, 2.05) is 24.4 Å². The SMILES string of the molecule is C=C/C=C1/NC=CC=C1c1cc(-c2ccccc2)cc(-c2ccccc2)c1. The lowest BCUT2D eigenvalue weighted by molar-refractivity contribution is 1.11. The first kappa shape index (κ1) is 16.9. The number of hydrogen-bond donors (Lipinski definition) is 1. The molecule has 3 aromatic rings. The van der Waals surface area contributed by atoms with Crippen molar-refractivity contribution in [3.05, 3.63) is 127 Å². The average molecular weight is 347 g/mol. The maximum absolute atomic E-state index is 3.85. The Morgan fingerprint density at radius 3 is 1.78 bits per heavy atom. The highest BCUT2D eigenvalue weighted by atomic mass is 14.9. The van der Waals surface area contributed by atoms with Crippen molar-refractivity contribution in [1.82, 2.24) is 5.32 Å². The summed E-state index contributed by atoms with van der Waals surface area (Å²) >= 11 is 0. The predicted molar refractivity (Wildman–Crippen MR) is 116 cm³/mol. The number of allylic oxidation sites excluding steroid dienone is 5. The largest absolute Gasteiger partial charge is 0.361 e. The van der Waals surface area contributed by atoms with Gasteiger partial charge < -0.3 is 5.32 Å². The zero-order valence-electron chi connectivity index (χ0n) is 15.1. The Hall–Kier alpha value is -3.58. The van der Waals surface area contributed by atoms with Crippen molar-refractivity contribution in [2.45, 2.75) is 0 Å². The van der Waals surface area contributed by atoms with Crippen molar-refractivity contribution in [2.24, 2.45) is 0 Å². The van der Waals surface area contributed by atoms with Crippen LogP contribution in [0.4, 0.5) is 0 Å². The summed E-state index contributed by atoms with van der Waals surface area (Å²) < 4.78 is 0. The van der Waals surface area contributed by atoms with Gasteiger partial charge in [0.15, 0.2) is 0 Å². The Labute approximate surface area is 160 Å². The molecule has 0 amide bonds. The van der Waals surface area contributed by atoms with Crippen molar-refractivity contribution in [3.8, 4) is 22.3 Å². The molecule has 1 nitrogen and oxygen atoms in total. The van der Waals surface area contributed by atoms with E-state index < -0.39 is 0 Å². The number of rotatable bonds is 4. The van der Waals surface area contributed by atoms with Crippen LogP contribution in [0.15, 0.2) is 122 Å². The topological polar surface area (TPSA) is 12.0 Å². The molecule has 130 valence electrons. The van der Waals surface area contributed by atoms with Gasteiger partial charge in [0.25, 0.3) is 0 Å². The third-order valence-electron chi connectivity index (χ3n) is 4.63. The van der Waals surface area contributed by atoms with Crippen molar-refractivity contribution in [1.29, 1.82) is 0 Å². The van der Waals surface area contributed by atoms with Gasteiger partial charge in [-0.3, -0.25) is 0 Å². The number of dihydropyridines is 1. The van der Waals surface area contributed by atoms with Gasteiger partial charge in [-0.2, -0.15) is 0 Å². The van der Waals surface area contributed by atoms with Crippen molar-refractivity contribution >= 4 is 5.57 Å². The summed E-state index contributed by atoms with van der Waals surface area (Å²) in [5.41, 5.74) is 8.24. The second kappa shape index (κ2) is 7.76. The molecule has 0 atom stereocenters. The van der Waals surface area contributed by atoms with Crippen LogP contribution in [0.1, 0.15) is 5.56 Å². The number of hydrogen-bond acceptors (Lipinski definition) is 1. The summed E-state index contributed by atoms with van der Waals surface area (Å²) in [4.78, 5) is 0. The first-order valence-corrected chi connectivity index (χ1v) is 9.08. The first-order chi connectivity index (χ1) is 13.3. The molecule has 0 aromatic heterocycles. The summed E-state index contributed by atoms with van der Waals surface area (Å²) in [6.07, 6.45) is 9.94. The van der Waals surface area contributed by atoms with Gasteiger partial charge in [0.2, 0.25) is 0 Å². The van der Waals surface area contributed by atoms with Gasteiger partial charge in [-0.15, -0.1) is 0 Å². The molecule has 0 unspecified atom stereocenters. The first-order valence-electron chi connectivity index (χ1n) is 9.08. The molecule has 0 radical (unpaired) electrons. The van der Waals surface area contributed by atoms with Crippen LogP contribution in [0.5, 0.6) is 0 Å². The Kier molecular flexibility index (Phi) is 4.84. The van der Waals surface area contributed by atoms with Gasteiger partial charge in [-0.1, -0.05) is 79.4 Å². The monoisotopic (exact) mass is 347 g/mol. The van der Waals surface area contributed by atoms with Gasteiger partial charge in [0.05, 0.1) is 0 Å². The molecule has 1 heterocycles. The van der Waals surface area contributed by atoms with Crippen LogP contribution in [0, 0.1) is 0 Å². The maximum atomic E-state index is 3.85. The van der Waals surface area contributed by atoms with Gasteiger partial charge in [-0.05, 0) is 58.2 Å². The van der Waals surface area contributed by atoms with E-state index in [0.717, 1.165) is 11.3 Å². The van der Waals surface area contributed by atoms with Crippen LogP contribution in [0.3, 0.4) is 0 Å². The molecular weight excluding hydrogens is 326 g/mol. The molecule has 1 aliphatic rings. The lowest BCUT2D eigenvalue weighted by atomic mass is 9.91. The van der Waals surface area contributed by atoms with Crippen molar-refractivity contribution in [3.63, 3.8) is 0 Å². The van der Waals surface area contributed by atoms with E-state index in [1.165, 1.54) is 27.8 Å². The molecule has 1 aliphatic heterocycles. The van der Waals surface area contributed by atoms with Crippen LogP contribution in [-0.4, -0.2) is 0 Å². The normalized spacial score (nSPS) is 14.5. The maximum Gasteiger partial charge on any atom is 0.0459 e. The second-order valence-corrected chi connectivity index (χ2v) is 6.43. The summed E-state index contributed by atoms with van der Waals surface area (Å²) in [5.74, 6) is 0. The smallest absolute Gasteiger partial charge is 0.0459 e. The summed E-state index contributed by atoms with van der Waals surface area (Å²) in [6, 6.07) is 27.8. The molecule has 4 rings (SSSR count). The van der Waals surface area contributed by atoms with Crippen LogP contribution < -0.4 is 5.32 Å². The molecule has 0 bridgehead atoms. The van der Waals surface area contributed by atoms with Gasteiger partial charge in [0.1, 0.15) is 0 Å². The predicted octanol–water partition coefficient (Wildman–Crippen LogP) is 6.59. The molecule has 27 heavy (non-hydrogen) atoms. The van der Waals surface area contributed by atoms with Gasteiger partial charge >= 0.3 is 0 Å². The molecular formula is C26H21N. The van der Waals surface area contributed by atoms with Crippen molar-refractivity contribution < 1.29 is 0 Å². The Morgan fingerprint density at radius 1 is 0.667 bits per heavy atom. The Balaban J connectivity index is 1.91. The third kappa shape index (κ3) is 3.68. The molecule has 1 heteroatoms. The standard InChI is InChI=1S/C26H21N/c1-2-10-26-25(15-9-16-27-26)24-18-22(20-11-5-3-6-12-20)17-23(19-24)21-13-7-4-8-14-21/h2-19,27H,1H2/b26-10+. The summed E-state index contributed by atoms with van der Waals surface area (Å²) in [6.45, 7) is 3.85. The highest BCUT2D eigenvalue weighted by Gasteiger charge is 2.12. The van der Waals surface area contributed by atoms with Crippen LogP contribution in [0.25, 0.3) is 27.8 Å². The van der Waals surface area contributed by atoms with E-state index in [0.29, 0.717) is 0 Å². The zero-order valence-corrected chi connectivity index (χ0v) is 15.1. The van der Waals surface area contributed by atoms with E-state index in [4.69, 9.17) is 0 Å². The van der Waals surface area contributed by atoms with Gasteiger partial charge in [0, 0.05) is 17.5 Å². The van der Waals surface area contributed by atoms with Crippen LogP contribution in [-0.2, 0) is 0 Å². The fourth-order valence-corrected chi connectivity index (χ4v) is 3.33. The average Bonchev–Trinajstić information content (AvgIpc) is 2.75. The highest BCUT2D eigenvalue weighted by Crippen LogP contribution is 2.33. The van der Waals surface area contributed by atoms with E-state index in [-0.39, 0.29) is 0 Å². The minimum absolute atomic E-state index is 1.05. The molecule has 3 aromatic carbocycles. The van der Waals surface area contributed by atoms with E-state index in [1.54, 1.807) is 0 Å². The zero-order chi connectivity index (χ0) is 18.5. The number of nitrogens with one attached hydrogen (secondary N) is 1.